The summed E-state index contributed by atoms with van der Waals surface area (Å²) >= 11 is 0. The number of hydrogen-bond acceptors (Lipinski definition) is 4. The van der Waals surface area contributed by atoms with E-state index in [2.05, 4.69) is 10.3 Å². The summed E-state index contributed by atoms with van der Waals surface area (Å²) < 4.78 is 1.41. The fourth-order valence-corrected chi connectivity index (χ4v) is 2.33. The van der Waals surface area contributed by atoms with Crippen LogP contribution in [0.25, 0.3) is 0 Å². The molecule has 0 spiro atoms. The van der Waals surface area contributed by atoms with Gasteiger partial charge in [-0.25, -0.2) is 4.68 Å². The second-order valence-electron chi connectivity index (χ2n) is 4.45. The van der Waals surface area contributed by atoms with E-state index in [1.54, 1.807) is 6.20 Å². The second kappa shape index (κ2) is 5.61. The number of rotatable bonds is 5. The van der Waals surface area contributed by atoms with Gasteiger partial charge in [0.05, 0.1) is 6.20 Å². The summed E-state index contributed by atoms with van der Waals surface area (Å²) in [6.07, 6.45) is 6.96. The Morgan fingerprint density at radius 1 is 1.39 bits per heavy atom. The van der Waals surface area contributed by atoms with Crippen LogP contribution in [0, 0.1) is 0 Å². The van der Waals surface area contributed by atoms with E-state index in [1.807, 2.05) is 0 Å². The van der Waals surface area contributed by atoms with Crippen LogP contribution in [0.5, 0.6) is 0 Å². The molecule has 1 aromatic rings. The number of aliphatic carboxylic acids is 1. The highest BCUT2D eigenvalue weighted by Crippen LogP contribution is 2.23. The summed E-state index contributed by atoms with van der Waals surface area (Å²) in [4.78, 5) is 24.4. The van der Waals surface area contributed by atoms with Crippen LogP contribution in [0.4, 0.5) is 0 Å². The second-order valence-corrected chi connectivity index (χ2v) is 4.45. The van der Waals surface area contributed by atoms with E-state index in [1.165, 1.54) is 15.8 Å². The van der Waals surface area contributed by atoms with Gasteiger partial charge in [0.25, 0.3) is 0 Å². The monoisotopic (exact) mass is 252 g/mol. The topological polar surface area (TPSA) is 88.3 Å². The molecule has 1 saturated carbocycles. The summed E-state index contributed by atoms with van der Waals surface area (Å²) in [5.74, 6) is -1.19. The van der Waals surface area contributed by atoms with Crippen molar-refractivity contribution in [3.05, 3.63) is 12.4 Å². The molecule has 1 N–H and O–H groups in total. The maximum Gasteiger partial charge on any atom is 0.323 e. The van der Waals surface area contributed by atoms with Crippen molar-refractivity contribution in [3.63, 3.8) is 0 Å². The Morgan fingerprint density at radius 2 is 2.11 bits per heavy atom. The molecular formula is C11H16N4O3. The van der Waals surface area contributed by atoms with Crippen LogP contribution >= 0.6 is 0 Å². The third-order valence-corrected chi connectivity index (χ3v) is 3.16. The van der Waals surface area contributed by atoms with Gasteiger partial charge in [0.2, 0.25) is 5.91 Å². The Bertz CT molecular complexity index is 412. The van der Waals surface area contributed by atoms with Crippen molar-refractivity contribution in [2.75, 3.05) is 6.54 Å². The van der Waals surface area contributed by atoms with Gasteiger partial charge in [0, 0.05) is 12.2 Å². The van der Waals surface area contributed by atoms with Crippen molar-refractivity contribution in [1.82, 2.24) is 19.9 Å². The first-order valence-corrected chi connectivity index (χ1v) is 6.02. The van der Waals surface area contributed by atoms with Crippen molar-refractivity contribution in [2.24, 2.45) is 0 Å². The highest BCUT2D eigenvalue weighted by atomic mass is 16.4. The van der Waals surface area contributed by atoms with Crippen LogP contribution < -0.4 is 0 Å². The molecule has 0 bridgehead atoms. The highest BCUT2D eigenvalue weighted by Gasteiger charge is 2.28. The maximum atomic E-state index is 12.1. The third kappa shape index (κ3) is 3.06. The first-order chi connectivity index (χ1) is 8.66. The Kier molecular flexibility index (Phi) is 3.91. The van der Waals surface area contributed by atoms with Gasteiger partial charge in [-0.3, -0.25) is 9.59 Å². The molecule has 1 amide bonds. The van der Waals surface area contributed by atoms with Crippen molar-refractivity contribution < 1.29 is 14.7 Å². The zero-order chi connectivity index (χ0) is 13.0. The third-order valence-electron chi connectivity index (χ3n) is 3.16. The Balaban J connectivity index is 2.02. The number of carbonyl (C=O) groups is 2. The number of hydrogen-bond donors (Lipinski definition) is 1. The van der Waals surface area contributed by atoms with Gasteiger partial charge >= 0.3 is 5.97 Å². The number of carboxylic acid groups (broad SMARTS) is 1. The van der Waals surface area contributed by atoms with Crippen LogP contribution in [0.3, 0.4) is 0 Å². The summed E-state index contributed by atoms with van der Waals surface area (Å²) in [6, 6.07) is 0.0529. The van der Waals surface area contributed by atoms with Gasteiger partial charge in [0.15, 0.2) is 0 Å². The minimum atomic E-state index is -0.978. The SMILES string of the molecule is O=C(O)CN(C(=O)Cn1ccnn1)C1CCCC1. The zero-order valence-corrected chi connectivity index (χ0v) is 10.0. The van der Waals surface area contributed by atoms with Gasteiger partial charge in [0.1, 0.15) is 13.1 Å². The summed E-state index contributed by atoms with van der Waals surface area (Å²) in [5, 5.41) is 16.2. The molecule has 7 heteroatoms. The molecule has 1 aliphatic carbocycles. The molecule has 0 unspecified atom stereocenters. The van der Waals surface area contributed by atoms with E-state index in [0.29, 0.717) is 0 Å². The number of nitrogens with zero attached hydrogens (tertiary/aromatic N) is 4. The predicted octanol–water partition coefficient (Wildman–Crippen LogP) is 0.134. The predicted molar refractivity (Wildman–Crippen MR) is 61.6 cm³/mol. The van der Waals surface area contributed by atoms with Crippen molar-refractivity contribution in [3.8, 4) is 0 Å². The van der Waals surface area contributed by atoms with Gasteiger partial charge in [-0.1, -0.05) is 18.1 Å². The molecule has 0 atom stereocenters. The lowest BCUT2D eigenvalue weighted by Crippen LogP contribution is -2.43. The summed E-state index contributed by atoms with van der Waals surface area (Å²) in [6.45, 7) is -0.192. The van der Waals surface area contributed by atoms with Crippen LogP contribution in [-0.4, -0.2) is 49.5 Å². The molecule has 1 aromatic heterocycles. The molecule has 0 saturated heterocycles. The fourth-order valence-electron chi connectivity index (χ4n) is 2.33. The van der Waals surface area contributed by atoms with Crippen molar-refractivity contribution in [1.29, 1.82) is 0 Å². The Hall–Kier alpha value is -1.92. The van der Waals surface area contributed by atoms with E-state index in [9.17, 15) is 9.59 Å². The molecule has 1 heterocycles. The van der Waals surface area contributed by atoms with Gasteiger partial charge in [-0.2, -0.15) is 0 Å². The Labute approximate surface area is 104 Å². The fraction of sp³-hybridized carbons (Fsp3) is 0.636. The molecule has 2 rings (SSSR count). The van der Waals surface area contributed by atoms with Crippen LogP contribution in [-0.2, 0) is 16.1 Å². The molecule has 98 valence electrons. The standard InChI is InChI=1S/C11H16N4O3/c16-10(7-14-6-5-12-13-14)15(8-11(17)18)9-3-1-2-4-9/h5-6,9H,1-4,7-8H2,(H,17,18). The molecule has 18 heavy (non-hydrogen) atoms. The normalized spacial score (nSPS) is 15.8. The average molecular weight is 252 g/mol. The van der Waals surface area contributed by atoms with Gasteiger partial charge in [-0.05, 0) is 12.8 Å². The van der Waals surface area contributed by atoms with Gasteiger partial charge < -0.3 is 10.0 Å². The molecule has 7 nitrogen and oxygen atoms in total. The van der Waals surface area contributed by atoms with E-state index in [4.69, 9.17) is 5.11 Å². The van der Waals surface area contributed by atoms with E-state index >= 15 is 0 Å². The van der Waals surface area contributed by atoms with Crippen LogP contribution in [0.15, 0.2) is 12.4 Å². The molecule has 1 aliphatic rings. The number of amides is 1. The first-order valence-electron chi connectivity index (χ1n) is 6.02. The van der Waals surface area contributed by atoms with E-state index < -0.39 is 5.97 Å². The van der Waals surface area contributed by atoms with E-state index in [-0.39, 0.29) is 25.0 Å². The summed E-state index contributed by atoms with van der Waals surface area (Å²) in [5.41, 5.74) is 0. The Morgan fingerprint density at radius 3 is 2.67 bits per heavy atom. The summed E-state index contributed by atoms with van der Waals surface area (Å²) in [7, 11) is 0. The lowest BCUT2D eigenvalue weighted by Gasteiger charge is -2.27. The van der Waals surface area contributed by atoms with Crippen molar-refractivity contribution >= 4 is 11.9 Å². The molecule has 0 aromatic carbocycles. The first kappa shape index (κ1) is 12.5. The lowest BCUT2D eigenvalue weighted by atomic mass is 10.2. The number of carboxylic acids is 1. The molecule has 1 fully saturated rings. The maximum absolute atomic E-state index is 12.1. The molecule has 0 radical (unpaired) electrons. The lowest BCUT2D eigenvalue weighted by molar-refractivity contribution is -0.146. The number of aromatic nitrogens is 3. The van der Waals surface area contributed by atoms with Crippen LogP contribution in [0.2, 0.25) is 0 Å². The minimum Gasteiger partial charge on any atom is -0.480 e. The minimum absolute atomic E-state index is 0.0454. The van der Waals surface area contributed by atoms with Gasteiger partial charge in [-0.15, -0.1) is 5.10 Å². The van der Waals surface area contributed by atoms with Crippen LogP contribution in [0.1, 0.15) is 25.7 Å². The smallest absolute Gasteiger partial charge is 0.323 e. The quantitative estimate of drug-likeness (QED) is 0.805. The molecule has 0 aliphatic heterocycles. The largest absolute Gasteiger partial charge is 0.480 e. The van der Waals surface area contributed by atoms with E-state index in [0.717, 1.165) is 25.7 Å². The highest BCUT2D eigenvalue weighted by molar-refractivity contribution is 5.81. The zero-order valence-electron chi connectivity index (χ0n) is 10.0. The average Bonchev–Trinajstić information content (AvgIpc) is 2.97. The number of carbonyl (C=O) groups excluding carboxylic acids is 1. The molecular weight excluding hydrogens is 236 g/mol. The van der Waals surface area contributed by atoms with Crippen molar-refractivity contribution in [2.45, 2.75) is 38.3 Å².